The normalized spacial score (nSPS) is 17.2. The number of anilines is 1. The molecular formula is C12H20N4O3S. The van der Waals surface area contributed by atoms with Gasteiger partial charge in [-0.3, -0.25) is 4.68 Å². The molecule has 0 saturated heterocycles. The van der Waals surface area contributed by atoms with Crippen molar-refractivity contribution in [2.45, 2.75) is 24.8 Å². The topological polar surface area (TPSA) is 90.5 Å². The van der Waals surface area contributed by atoms with E-state index < -0.39 is 10.0 Å². The lowest BCUT2D eigenvalue weighted by Crippen LogP contribution is -2.35. The average molecular weight is 300 g/mol. The van der Waals surface area contributed by atoms with Crippen LogP contribution in [0.2, 0.25) is 0 Å². The molecule has 1 aromatic rings. The first-order valence-electron chi connectivity index (χ1n) is 6.49. The van der Waals surface area contributed by atoms with Crippen LogP contribution in [0.3, 0.4) is 0 Å². The van der Waals surface area contributed by atoms with Gasteiger partial charge in [0.2, 0.25) is 10.0 Å². The Hall–Kier alpha value is -1.38. The Morgan fingerprint density at radius 1 is 1.50 bits per heavy atom. The standard InChI is InChI=1S/C12H20N4O3S/c1-3-15-8-11(12(13)14-15)20(17,18)16-6-4-10(5-7-16)9-19-2/h4,8H,3,5-7,9H2,1-2H3,(H2,13,14). The molecule has 0 saturated carbocycles. The second kappa shape index (κ2) is 5.94. The van der Waals surface area contributed by atoms with Crippen LogP contribution < -0.4 is 5.73 Å². The number of hydrogen-bond acceptors (Lipinski definition) is 5. The molecule has 8 heteroatoms. The number of aromatic nitrogens is 2. The van der Waals surface area contributed by atoms with E-state index in [2.05, 4.69) is 5.10 Å². The van der Waals surface area contributed by atoms with E-state index in [1.165, 1.54) is 15.2 Å². The second-order valence-corrected chi connectivity index (χ2v) is 6.55. The van der Waals surface area contributed by atoms with Crippen molar-refractivity contribution < 1.29 is 13.2 Å². The van der Waals surface area contributed by atoms with Gasteiger partial charge in [-0.25, -0.2) is 8.42 Å². The van der Waals surface area contributed by atoms with E-state index in [4.69, 9.17) is 10.5 Å². The maximum atomic E-state index is 12.5. The van der Waals surface area contributed by atoms with Gasteiger partial charge in [-0.1, -0.05) is 6.08 Å². The molecule has 0 aliphatic carbocycles. The van der Waals surface area contributed by atoms with Gasteiger partial charge in [0, 0.05) is 32.9 Å². The van der Waals surface area contributed by atoms with Crippen molar-refractivity contribution >= 4 is 15.8 Å². The molecule has 0 aromatic carbocycles. The van der Waals surface area contributed by atoms with Gasteiger partial charge in [-0.2, -0.15) is 9.40 Å². The number of nitrogens with two attached hydrogens (primary N) is 1. The minimum Gasteiger partial charge on any atom is -0.381 e. The summed E-state index contributed by atoms with van der Waals surface area (Å²) >= 11 is 0. The predicted octanol–water partition coefficient (Wildman–Crippen LogP) is 0.452. The number of methoxy groups -OCH3 is 1. The van der Waals surface area contributed by atoms with E-state index in [-0.39, 0.29) is 10.7 Å². The van der Waals surface area contributed by atoms with Crippen molar-refractivity contribution in [3.8, 4) is 0 Å². The first-order chi connectivity index (χ1) is 9.48. The third-order valence-corrected chi connectivity index (χ3v) is 5.17. The van der Waals surface area contributed by atoms with Crippen molar-refractivity contribution in [1.82, 2.24) is 14.1 Å². The summed E-state index contributed by atoms with van der Waals surface area (Å²) in [7, 11) is -1.95. The largest absolute Gasteiger partial charge is 0.381 e. The molecule has 0 radical (unpaired) electrons. The Bertz CT molecular complexity index is 606. The van der Waals surface area contributed by atoms with E-state index in [9.17, 15) is 8.42 Å². The van der Waals surface area contributed by atoms with Crippen LogP contribution in [0.1, 0.15) is 13.3 Å². The summed E-state index contributed by atoms with van der Waals surface area (Å²) in [5, 5.41) is 3.99. The summed E-state index contributed by atoms with van der Waals surface area (Å²) in [6.07, 6.45) is 4.05. The summed E-state index contributed by atoms with van der Waals surface area (Å²) in [5.41, 5.74) is 6.83. The molecule has 1 aliphatic heterocycles. The van der Waals surface area contributed by atoms with Crippen LogP contribution in [0.25, 0.3) is 0 Å². The lowest BCUT2D eigenvalue weighted by atomic mass is 10.1. The molecule has 0 unspecified atom stereocenters. The third kappa shape index (κ3) is 2.87. The Balaban J connectivity index is 2.21. The quantitative estimate of drug-likeness (QED) is 0.797. The molecule has 112 valence electrons. The first-order valence-corrected chi connectivity index (χ1v) is 7.93. The Morgan fingerprint density at radius 3 is 2.75 bits per heavy atom. The van der Waals surface area contributed by atoms with Crippen molar-refractivity contribution in [1.29, 1.82) is 0 Å². The van der Waals surface area contributed by atoms with Gasteiger partial charge in [-0.05, 0) is 18.9 Å². The molecule has 0 fully saturated rings. The van der Waals surface area contributed by atoms with Gasteiger partial charge in [0.25, 0.3) is 0 Å². The number of aryl methyl sites for hydroxylation is 1. The van der Waals surface area contributed by atoms with Crippen molar-refractivity contribution in [2.24, 2.45) is 0 Å². The highest BCUT2D eigenvalue weighted by atomic mass is 32.2. The number of hydrogen-bond donors (Lipinski definition) is 1. The molecular weight excluding hydrogens is 280 g/mol. The minimum absolute atomic E-state index is 0.0542. The van der Waals surface area contributed by atoms with Gasteiger partial charge >= 0.3 is 0 Å². The maximum Gasteiger partial charge on any atom is 0.248 e. The van der Waals surface area contributed by atoms with Gasteiger partial charge < -0.3 is 10.5 Å². The first kappa shape index (κ1) is 15.0. The van der Waals surface area contributed by atoms with Crippen molar-refractivity contribution in [2.75, 3.05) is 32.5 Å². The van der Waals surface area contributed by atoms with E-state index in [1.54, 1.807) is 7.11 Å². The number of nitrogen functional groups attached to an aromatic ring is 1. The highest BCUT2D eigenvalue weighted by Gasteiger charge is 2.29. The zero-order valence-electron chi connectivity index (χ0n) is 11.7. The smallest absolute Gasteiger partial charge is 0.248 e. The fraction of sp³-hybridized carbons (Fsp3) is 0.583. The van der Waals surface area contributed by atoms with Crippen LogP contribution in [0.5, 0.6) is 0 Å². The molecule has 1 aliphatic rings. The molecule has 0 bridgehead atoms. The van der Waals surface area contributed by atoms with Gasteiger partial charge in [-0.15, -0.1) is 0 Å². The zero-order valence-corrected chi connectivity index (χ0v) is 12.6. The molecule has 20 heavy (non-hydrogen) atoms. The fourth-order valence-corrected chi connectivity index (χ4v) is 3.59. The minimum atomic E-state index is -3.58. The average Bonchev–Trinajstić information content (AvgIpc) is 2.82. The summed E-state index contributed by atoms with van der Waals surface area (Å²) in [5.74, 6) is 0.0542. The Kier molecular flexibility index (Phi) is 4.46. The third-order valence-electron chi connectivity index (χ3n) is 3.29. The molecule has 2 N–H and O–H groups in total. The van der Waals surface area contributed by atoms with Gasteiger partial charge in [0.05, 0.1) is 6.61 Å². The highest BCUT2D eigenvalue weighted by molar-refractivity contribution is 7.89. The second-order valence-electron chi connectivity index (χ2n) is 4.64. The molecule has 1 aromatic heterocycles. The van der Waals surface area contributed by atoms with E-state index in [0.717, 1.165) is 5.57 Å². The summed E-state index contributed by atoms with van der Waals surface area (Å²) < 4.78 is 33.1. The number of sulfonamides is 1. The lowest BCUT2D eigenvalue weighted by Gasteiger charge is -2.25. The monoisotopic (exact) mass is 300 g/mol. The van der Waals surface area contributed by atoms with E-state index in [1.807, 2.05) is 13.0 Å². The molecule has 0 spiro atoms. The van der Waals surface area contributed by atoms with Gasteiger partial charge in [0.1, 0.15) is 4.90 Å². The summed E-state index contributed by atoms with van der Waals surface area (Å²) in [4.78, 5) is 0.0861. The van der Waals surface area contributed by atoms with Crippen LogP contribution in [-0.2, 0) is 21.3 Å². The van der Waals surface area contributed by atoms with Crippen LogP contribution in [-0.4, -0.2) is 49.3 Å². The van der Waals surface area contributed by atoms with Crippen molar-refractivity contribution in [3.05, 3.63) is 17.8 Å². The number of nitrogens with zero attached hydrogens (tertiary/aromatic N) is 3. The molecule has 2 heterocycles. The van der Waals surface area contributed by atoms with E-state index >= 15 is 0 Å². The zero-order chi connectivity index (χ0) is 14.8. The van der Waals surface area contributed by atoms with Crippen LogP contribution >= 0.6 is 0 Å². The summed E-state index contributed by atoms with van der Waals surface area (Å²) in [6.45, 7) is 3.79. The predicted molar refractivity (Wildman–Crippen MR) is 75.6 cm³/mol. The van der Waals surface area contributed by atoms with Crippen LogP contribution in [0.4, 0.5) is 5.82 Å². The maximum absolute atomic E-state index is 12.5. The van der Waals surface area contributed by atoms with Crippen LogP contribution in [0, 0.1) is 0 Å². The number of rotatable bonds is 5. The molecule has 0 amide bonds. The Labute approximate surface area is 119 Å². The molecule has 2 rings (SSSR count). The molecule has 7 nitrogen and oxygen atoms in total. The highest BCUT2D eigenvalue weighted by Crippen LogP contribution is 2.24. The number of ether oxygens (including phenoxy) is 1. The van der Waals surface area contributed by atoms with E-state index in [0.29, 0.717) is 32.7 Å². The van der Waals surface area contributed by atoms with Crippen molar-refractivity contribution in [3.63, 3.8) is 0 Å². The fourth-order valence-electron chi connectivity index (χ4n) is 2.15. The Morgan fingerprint density at radius 2 is 2.25 bits per heavy atom. The summed E-state index contributed by atoms with van der Waals surface area (Å²) in [6, 6.07) is 0. The lowest BCUT2D eigenvalue weighted by molar-refractivity contribution is 0.219. The molecule has 0 atom stereocenters. The SMILES string of the molecule is CCn1cc(S(=O)(=O)N2CC=C(COC)CC2)c(N)n1. The van der Waals surface area contributed by atoms with Crippen LogP contribution in [0.15, 0.2) is 22.7 Å². The van der Waals surface area contributed by atoms with Gasteiger partial charge in [0.15, 0.2) is 5.82 Å².